The van der Waals surface area contributed by atoms with Crippen molar-refractivity contribution < 1.29 is 15.3 Å². The second kappa shape index (κ2) is 11.3. The molecule has 0 amide bonds. The molecule has 0 atom stereocenters. The number of hydrogen-bond acceptors (Lipinski definition) is 4. The molecule has 7 aromatic carbocycles. The number of aryl methyl sites for hydroxylation is 1. The first-order chi connectivity index (χ1) is 23.6. The highest BCUT2D eigenvalue weighted by Gasteiger charge is 2.29. The largest absolute Gasteiger partial charge is 0.505 e. The van der Waals surface area contributed by atoms with Crippen LogP contribution in [0.1, 0.15) is 12.7 Å². The van der Waals surface area contributed by atoms with Gasteiger partial charge in [-0.25, -0.2) is 4.98 Å². The highest BCUT2D eigenvalue weighted by atomic mass is 16.3. The normalized spacial score (nSPS) is 11.7. The van der Waals surface area contributed by atoms with Crippen LogP contribution in [0, 0.1) is 0 Å². The van der Waals surface area contributed by atoms with Gasteiger partial charge >= 0.3 is 0 Å². The maximum atomic E-state index is 11.9. The molecule has 1 heterocycles. The predicted molar refractivity (Wildman–Crippen MR) is 206 cm³/mol. The number of phenols is 3. The predicted octanol–water partition coefficient (Wildman–Crippen LogP) is 3.47. The zero-order valence-corrected chi connectivity index (χ0v) is 26.5. The van der Waals surface area contributed by atoms with Crippen molar-refractivity contribution in [3.05, 3.63) is 96.8 Å². The first-order valence-electron chi connectivity index (χ1n) is 15.8. The highest BCUT2D eigenvalue weighted by Crippen LogP contribution is 2.51. The summed E-state index contributed by atoms with van der Waals surface area (Å²) in [5, 5.41) is 37.2. The molecule has 0 aliphatic carbocycles. The third kappa shape index (κ3) is 4.29. The van der Waals surface area contributed by atoms with E-state index in [-0.39, 0.29) is 38.1 Å². The Morgan fingerprint density at radius 1 is 0.551 bits per heavy atom. The summed E-state index contributed by atoms with van der Waals surface area (Å²) in [5.74, 6) is -1.22. The fourth-order valence-electron chi connectivity index (χ4n) is 7.27. The van der Waals surface area contributed by atoms with Gasteiger partial charge < -0.3 is 15.3 Å². The number of aromatic hydroxyl groups is 3. The average molecular weight is 622 g/mol. The molecule has 49 heavy (non-hydrogen) atoms. The number of rotatable bonds is 4. The number of imidazole rings is 1. The molecule has 0 saturated heterocycles. The van der Waals surface area contributed by atoms with Crippen LogP contribution in [0.3, 0.4) is 0 Å². The SMILES string of the molecule is [B]c1c([B])c([B])c2c(-c3cccc4ccccc34)c3c(O)c(O)c(O)c([B])c3c(-c3ccccc3-n3c(CC)nc4ccccc43)c2c1[B]. The summed E-state index contributed by atoms with van der Waals surface area (Å²) >= 11 is 0. The average Bonchev–Trinajstić information content (AvgIpc) is 3.51. The Balaban J connectivity index is 1.69. The van der Waals surface area contributed by atoms with Gasteiger partial charge in [-0.1, -0.05) is 90.6 Å². The summed E-state index contributed by atoms with van der Waals surface area (Å²) in [5.41, 5.74) is 4.84. The summed E-state index contributed by atoms with van der Waals surface area (Å²) in [7, 11) is 33.8. The van der Waals surface area contributed by atoms with Crippen molar-refractivity contribution >= 4 is 110 Å². The lowest BCUT2D eigenvalue weighted by Gasteiger charge is -2.28. The molecule has 0 unspecified atom stereocenters. The molecule has 0 bridgehead atoms. The quantitative estimate of drug-likeness (QED) is 0.160. The molecule has 0 aliphatic rings. The van der Waals surface area contributed by atoms with E-state index in [0.717, 1.165) is 33.3 Å². The number of para-hydroxylation sites is 3. The Bertz CT molecular complexity index is 2620. The molecule has 0 spiro atoms. The number of aromatic nitrogens is 2. The molecule has 10 heteroatoms. The molecule has 5 nitrogen and oxygen atoms in total. The van der Waals surface area contributed by atoms with Crippen LogP contribution in [-0.4, -0.2) is 64.1 Å². The zero-order chi connectivity index (χ0) is 34.3. The Labute approximate surface area is 289 Å². The zero-order valence-electron chi connectivity index (χ0n) is 26.5. The van der Waals surface area contributed by atoms with E-state index in [1.165, 1.54) is 0 Å². The number of fused-ring (bicyclic) bond motifs is 4. The minimum atomic E-state index is -0.770. The fourth-order valence-corrected chi connectivity index (χ4v) is 7.27. The third-order valence-corrected chi connectivity index (χ3v) is 9.54. The molecule has 8 aromatic rings. The summed E-state index contributed by atoms with van der Waals surface area (Å²) in [4.78, 5) is 4.91. The van der Waals surface area contributed by atoms with Gasteiger partial charge in [0.1, 0.15) is 45.1 Å². The maximum absolute atomic E-state index is 11.9. The van der Waals surface area contributed by atoms with Gasteiger partial charge in [0.15, 0.2) is 17.2 Å². The van der Waals surface area contributed by atoms with Gasteiger partial charge in [-0.15, -0.1) is 10.9 Å². The van der Waals surface area contributed by atoms with Gasteiger partial charge in [0.25, 0.3) is 0 Å². The Hall–Kier alpha value is -5.49. The smallest absolute Gasteiger partial charge is 0.200 e. The summed E-state index contributed by atoms with van der Waals surface area (Å²) in [6.07, 6.45) is 0.626. The molecule has 1 aromatic heterocycles. The first kappa shape index (κ1) is 30.8. The van der Waals surface area contributed by atoms with Crippen LogP contribution in [0.25, 0.3) is 71.3 Å². The summed E-state index contributed by atoms with van der Waals surface area (Å²) < 4.78 is 2.07. The lowest BCUT2D eigenvalue weighted by atomic mass is 9.62. The topological polar surface area (TPSA) is 78.5 Å². The monoisotopic (exact) mass is 622 g/mol. The number of hydrogen-bond donors (Lipinski definition) is 3. The first-order valence-corrected chi connectivity index (χ1v) is 15.8. The van der Waals surface area contributed by atoms with Gasteiger partial charge in [-0.3, -0.25) is 4.57 Å². The van der Waals surface area contributed by atoms with Crippen LogP contribution < -0.4 is 27.3 Å². The van der Waals surface area contributed by atoms with Crippen LogP contribution in [-0.2, 0) is 6.42 Å². The third-order valence-electron chi connectivity index (χ3n) is 9.54. The molecule has 3 N–H and O–H groups in total. The van der Waals surface area contributed by atoms with Crippen LogP contribution in [0.4, 0.5) is 0 Å². The summed E-state index contributed by atoms with van der Waals surface area (Å²) in [6, 6.07) is 29.0. The Kier molecular flexibility index (Phi) is 7.11. The van der Waals surface area contributed by atoms with Crippen LogP contribution >= 0.6 is 0 Å². The van der Waals surface area contributed by atoms with E-state index in [4.69, 9.17) is 44.2 Å². The molecule has 8 rings (SSSR count). The minimum absolute atomic E-state index is 0.0782. The van der Waals surface area contributed by atoms with Crippen molar-refractivity contribution in [1.29, 1.82) is 0 Å². The van der Waals surface area contributed by atoms with E-state index in [1.54, 1.807) is 0 Å². The van der Waals surface area contributed by atoms with E-state index in [0.29, 0.717) is 39.4 Å². The second-order valence-corrected chi connectivity index (χ2v) is 12.1. The molecule has 222 valence electrons. The van der Waals surface area contributed by atoms with Crippen molar-refractivity contribution in [2.45, 2.75) is 13.3 Å². The molecule has 0 aliphatic heterocycles. The van der Waals surface area contributed by atoms with Crippen molar-refractivity contribution in [1.82, 2.24) is 9.55 Å². The van der Waals surface area contributed by atoms with Crippen molar-refractivity contribution in [3.63, 3.8) is 0 Å². The van der Waals surface area contributed by atoms with Crippen LogP contribution in [0.2, 0.25) is 0 Å². The molecule has 10 radical (unpaired) electrons. The maximum Gasteiger partial charge on any atom is 0.200 e. The highest BCUT2D eigenvalue weighted by molar-refractivity contribution is 6.68. The lowest BCUT2D eigenvalue weighted by molar-refractivity contribution is 0.373. The van der Waals surface area contributed by atoms with E-state index in [9.17, 15) is 15.3 Å². The molecule has 0 fully saturated rings. The van der Waals surface area contributed by atoms with Gasteiger partial charge in [0, 0.05) is 22.9 Å². The number of phenolic OH excluding ortho intramolecular Hbond substituents is 3. The number of benzene rings is 7. The van der Waals surface area contributed by atoms with Gasteiger partial charge in [-0.05, 0) is 61.7 Å². The van der Waals surface area contributed by atoms with Crippen molar-refractivity contribution in [2.24, 2.45) is 0 Å². The standard InChI is InChI=1S/C39H23B5N2O3/c1-2-25-45-22-15-6-8-17-24(22)46(25)23-16-7-5-13-21(23)27-29-28(32(40)35(43)36(44)33(29)41)26(20-14-9-11-18-10-3-4-12-19(18)20)31-30(27)34(42)38(48)39(49)37(31)47/h3-17,47-49H,2H2,1H3. The van der Waals surface area contributed by atoms with Gasteiger partial charge in [0.2, 0.25) is 0 Å². The Morgan fingerprint density at radius 3 is 1.86 bits per heavy atom. The van der Waals surface area contributed by atoms with E-state index < -0.39 is 17.2 Å². The number of nitrogens with zero attached hydrogens (tertiary/aromatic N) is 2. The molecular formula is C39H23B5N2O3. The summed E-state index contributed by atoms with van der Waals surface area (Å²) in [6.45, 7) is 2.03. The molecular weight excluding hydrogens is 599 g/mol. The molecule has 0 saturated carbocycles. The van der Waals surface area contributed by atoms with Crippen molar-refractivity contribution in [3.8, 4) is 45.2 Å². The van der Waals surface area contributed by atoms with Crippen molar-refractivity contribution in [2.75, 3.05) is 0 Å². The van der Waals surface area contributed by atoms with E-state index in [2.05, 4.69) is 4.57 Å². The lowest BCUT2D eigenvalue weighted by Crippen LogP contribution is -2.48. The van der Waals surface area contributed by atoms with Gasteiger partial charge in [-0.2, -0.15) is 0 Å². The Morgan fingerprint density at radius 2 is 1.12 bits per heavy atom. The fraction of sp³-hybridized carbons (Fsp3) is 0.0513. The van der Waals surface area contributed by atoms with E-state index >= 15 is 0 Å². The van der Waals surface area contributed by atoms with Crippen LogP contribution in [0.15, 0.2) is 91.0 Å². The minimum Gasteiger partial charge on any atom is -0.505 e. The van der Waals surface area contributed by atoms with Crippen LogP contribution in [0.5, 0.6) is 17.2 Å². The van der Waals surface area contributed by atoms with Gasteiger partial charge in [0.05, 0.1) is 16.7 Å². The second-order valence-electron chi connectivity index (χ2n) is 12.1. The van der Waals surface area contributed by atoms with E-state index in [1.807, 2.05) is 97.9 Å².